The lowest BCUT2D eigenvalue weighted by atomic mass is 10.0. The van der Waals surface area contributed by atoms with Gasteiger partial charge in [-0.05, 0) is 30.2 Å². The summed E-state index contributed by atoms with van der Waals surface area (Å²) in [6.45, 7) is 6.21. The van der Waals surface area contributed by atoms with Gasteiger partial charge in [-0.3, -0.25) is 4.79 Å². The average molecular weight is 247 g/mol. The van der Waals surface area contributed by atoms with Crippen LogP contribution in [0, 0.1) is 0 Å². The molecule has 0 saturated carbocycles. The van der Waals surface area contributed by atoms with E-state index < -0.39 is 5.97 Å². The van der Waals surface area contributed by atoms with Gasteiger partial charge in [0.25, 0.3) is 5.91 Å². The van der Waals surface area contributed by atoms with E-state index in [0.717, 1.165) is 6.42 Å². The summed E-state index contributed by atoms with van der Waals surface area (Å²) in [6, 6.07) is 4.53. The van der Waals surface area contributed by atoms with Crippen molar-refractivity contribution in [2.75, 3.05) is 13.6 Å². The van der Waals surface area contributed by atoms with E-state index in [1.54, 1.807) is 18.0 Å². The molecule has 0 saturated heterocycles. The molecule has 4 heteroatoms. The van der Waals surface area contributed by atoms with E-state index in [9.17, 15) is 9.59 Å². The van der Waals surface area contributed by atoms with Crippen LogP contribution < -0.4 is 0 Å². The fourth-order valence-corrected chi connectivity index (χ4v) is 1.67. The van der Waals surface area contributed by atoms with Crippen LogP contribution in [0.25, 0.3) is 6.08 Å². The van der Waals surface area contributed by atoms with E-state index in [1.807, 2.05) is 6.92 Å². The molecule has 0 unspecified atom stereocenters. The van der Waals surface area contributed by atoms with Crippen LogP contribution in [0.1, 0.15) is 39.6 Å². The number of aromatic carboxylic acids is 1. The van der Waals surface area contributed by atoms with Gasteiger partial charge in [-0.2, -0.15) is 0 Å². The SMILES string of the molecule is C=Cc1cc(C(=O)O)cc(C(=O)N(C)CCC)c1. The molecule has 96 valence electrons. The number of amides is 1. The molecule has 1 aromatic carbocycles. The van der Waals surface area contributed by atoms with Crippen LogP contribution in [0.4, 0.5) is 0 Å². The first-order valence-corrected chi connectivity index (χ1v) is 5.75. The molecule has 0 heterocycles. The quantitative estimate of drug-likeness (QED) is 0.869. The molecule has 0 fully saturated rings. The summed E-state index contributed by atoms with van der Waals surface area (Å²) in [4.78, 5) is 24.6. The Morgan fingerprint density at radius 3 is 2.44 bits per heavy atom. The summed E-state index contributed by atoms with van der Waals surface area (Å²) in [5.74, 6) is -1.23. The summed E-state index contributed by atoms with van der Waals surface area (Å²) in [6.07, 6.45) is 2.39. The molecule has 0 aliphatic rings. The Balaban J connectivity index is 3.15. The highest BCUT2D eigenvalue weighted by Crippen LogP contribution is 2.13. The van der Waals surface area contributed by atoms with Crippen molar-refractivity contribution >= 4 is 18.0 Å². The summed E-state index contributed by atoms with van der Waals surface area (Å²) in [7, 11) is 1.70. The van der Waals surface area contributed by atoms with E-state index in [2.05, 4.69) is 6.58 Å². The predicted molar refractivity (Wildman–Crippen MR) is 70.7 cm³/mol. The van der Waals surface area contributed by atoms with Gasteiger partial charge in [0.15, 0.2) is 0 Å². The number of carbonyl (C=O) groups excluding carboxylic acids is 1. The van der Waals surface area contributed by atoms with Crippen molar-refractivity contribution in [1.82, 2.24) is 4.90 Å². The minimum atomic E-state index is -1.05. The third kappa shape index (κ3) is 3.20. The number of carboxylic acid groups (broad SMARTS) is 1. The lowest BCUT2D eigenvalue weighted by Gasteiger charge is -2.16. The van der Waals surface area contributed by atoms with Gasteiger partial charge in [-0.15, -0.1) is 0 Å². The lowest BCUT2D eigenvalue weighted by Crippen LogP contribution is -2.27. The Labute approximate surface area is 107 Å². The van der Waals surface area contributed by atoms with E-state index >= 15 is 0 Å². The van der Waals surface area contributed by atoms with E-state index in [4.69, 9.17) is 5.11 Å². The molecule has 1 aromatic rings. The van der Waals surface area contributed by atoms with Crippen LogP contribution in [0.2, 0.25) is 0 Å². The van der Waals surface area contributed by atoms with Crippen LogP contribution in [-0.2, 0) is 0 Å². The molecule has 1 N–H and O–H groups in total. The number of carbonyl (C=O) groups is 2. The van der Waals surface area contributed by atoms with Crippen LogP contribution in [0.5, 0.6) is 0 Å². The number of rotatable bonds is 5. The monoisotopic (exact) mass is 247 g/mol. The summed E-state index contributed by atoms with van der Waals surface area (Å²) in [5, 5.41) is 8.99. The molecule has 0 aromatic heterocycles. The van der Waals surface area contributed by atoms with Crippen LogP contribution in [0.3, 0.4) is 0 Å². The van der Waals surface area contributed by atoms with Crippen molar-refractivity contribution in [3.05, 3.63) is 41.5 Å². The summed E-state index contributed by atoms with van der Waals surface area (Å²) < 4.78 is 0. The van der Waals surface area contributed by atoms with E-state index in [1.165, 1.54) is 18.2 Å². The molecule has 0 atom stereocenters. The minimum absolute atomic E-state index is 0.0978. The van der Waals surface area contributed by atoms with Crippen molar-refractivity contribution < 1.29 is 14.7 Å². The Morgan fingerprint density at radius 1 is 1.33 bits per heavy atom. The second kappa shape index (κ2) is 6.00. The minimum Gasteiger partial charge on any atom is -0.478 e. The van der Waals surface area contributed by atoms with Crippen molar-refractivity contribution in [2.45, 2.75) is 13.3 Å². The standard InChI is InChI=1S/C14H17NO3/c1-4-6-15(3)13(16)11-7-10(5-2)8-12(9-11)14(17)18/h5,7-9H,2,4,6H2,1,3H3,(H,17,18). The zero-order chi connectivity index (χ0) is 13.7. The average Bonchev–Trinajstić information content (AvgIpc) is 2.37. The molecule has 0 aliphatic carbocycles. The van der Waals surface area contributed by atoms with Gasteiger partial charge in [0.2, 0.25) is 0 Å². The maximum Gasteiger partial charge on any atom is 0.335 e. The van der Waals surface area contributed by atoms with Crippen molar-refractivity contribution in [2.24, 2.45) is 0 Å². The Morgan fingerprint density at radius 2 is 1.94 bits per heavy atom. The van der Waals surface area contributed by atoms with Crippen molar-refractivity contribution in [1.29, 1.82) is 0 Å². The highest BCUT2D eigenvalue weighted by atomic mass is 16.4. The Hall–Kier alpha value is -2.10. The first kappa shape index (κ1) is 14.0. The summed E-state index contributed by atoms with van der Waals surface area (Å²) >= 11 is 0. The highest BCUT2D eigenvalue weighted by molar-refractivity contribution is 5.98. The maximum absolute atomic E-state index is 12.1. The van der Waals surface area contributed by atoms with Gasteiger partial charge in [-0.1, -0.05) is 19.6 Å². The van der Waals surface area contributed by atoms with Crippen LogP contribution >= 0.6 is 0 Å². The second-order valence-corrected chi connectivity index (χ2v) is 4.08. The van der Waals surface area contributed by atoms with Crippen molar-refractivity contribution in [3.8, 4) is 0 Å². The fraction of sp³-hybridized carbons (Fsp3) is 0.286. The maximum atomic E-state index is 12.1. The molecule has 0 radical (unpaired) electrons. The molecule has 1 rings (SSSR count). The molecule has 0 bridgehead atoms. The molecule has 4 nitrogen and oxygen atoms in total. The van der Waals surface area contributed by atoms with Crippen molar-refractivity contribution in [3.63, 3.8) is 0 Å². The van der Waals surface area contributed by atoms with Gasteiger partial charge in [0.1, 0.15) is 0 Å². The van der Waals surface area contributed by atoms with Gasteiger partial charge < -0.3 is 10.0 Å². The lowest BCUT2D eigenvalue weighted by molar-refractivity contribution is 0.0697. The first-order chi connectivity index (χ1) is 8.49. The highest BCUT2D eigenvalue weighted by Gasteiger charge is 2.14. The van der Waals surface area contributed by atoms with E-state index in [-0.39, 0.29) is 11.5 Å². The van der Waals surface area contributed by atoms with Gasteiger partial charge >= 0.3 is 5.97 Å². The number of benzene rings is 1. The third-order valence-corrected chi connectivity index (χ3v) is 2.59. The Bertz CT molecular complexity index is 480. The fourth-order valence-electron chi connectivity index (χ4n) is 1.67. The van der Waals surface area contributed by atoms with Gasteiger partial charge in [0, 0.05) is 19.2 Å². The normalized spacial score (nSPS) is 9.89. The molecule has 18 heavy (non-hydrogen) atoms. The van der Waals surface area contributed by atoms with Crippen LogP contribution in [-0.4, -0.2) is 35.5 Å². The molecular weight excluding hydrogens is 230 g/mol. The molecule has 1 amide bonds. The third-order valence-electron chi connectivity index (χ3n) is 2.59. The van der Waals surface area contributed by atoms with Gasteiger partial charge in [0.05, 0.1) is 5.56 Å². The zero-order valence-electron chi connectivity index (χ0n) is 10.6. The molecule has 0 aliphatic heterocycles. The smallest absolute Gasteiger partial charge is 0.335 e. The zero-order valence-corrected chi connectivity index (χ0v) is 10.6. The van der Waals surface area contributed by atoms with Gasteiger partial charge in [-0.25, -0.2) is 4.79 Å². The second-order valence-electron chi connectivity index (χ2n) is 4.08. The molecular formula is C14H17NO3. The number of hydrogen-bond acceptors (Lipinski definition) is 2. The largest absolute Gasteiger partial charge is 0.478 e. The Kier molecular flexibility index (Phi) is 4.66. The number of carboxylic acids is 1. The number of nitrogens with zero attached hydrogens (tertiary/aromatic N) is 1. The predicted octanol–water partition coefficient (Wildman–Crippen LogP) is 2.51. The first-order valence-electron chi connectivity index (χ1n) is 5.75. The van der Waals surface area contributed by atoms with Crippen LogP contribution in [0.15, 0.2) is 24.8 Å². The topological polar surface area (TPSA) is 57.6 Å². The number of hydrogen-bond donors (Lipinski definition) is 1. The molecule has 0 spiro atoms. The summed E-state index contributed by atoms with van der Waals surface area (Å²) in [5.41, 5.74) is 1.10. The van der Waals surface area contributed by atoms with E-state index in [0.29, 0.717) is 17.7 Å².